The molecule has 28 heavy (non-hydrogen) atoms. The fourth-order valence-corrected chi connectivity index (χ4v) is 5.06. The summed E-state index contributed by atoms with van der Waals surface area (Å²) >= 11 is 2.29. The van der Waals surface area contributed by atoms with Crippen molar-refractivity contribution in [2.24, 2.45) is 0 Å². The predicted octanol–water partition coefficient (Wildman–Crippen LogP) is 5.13. The number of hydrogen-bond donors (Lipinski definition) is 0. The highest BCUT2D eigenvalue weighted by atomic mass is 127. The Morgan fingerprint density at radius 3 is 2.43 bits per heavy atom. The van der Waals surface area contributed by atoms with Crippen LogP contribution in [0.4, 0.5) is 10.5 Å². The SMILES string of the molecule is CC(C)(C)[Si](C)(C)O[C@@H]1C[C@@H](CI)N(C(=O)OCc2ccc([N+](=O)[O-])cc2)C1. The van der Waals surface area contributed by atoms with Gasteiger partial charge in [-0.05, 0) is 42.2 Å². The van der Waals surface area contributed by atoms with Gasteiger partial charge in [0.25, 0.3) is 5.69 Å². The van der Waals surface area contributed by atoms with Gasteiger partial charge in [-0.1, -0.05) is 43.4 Å². The second-order valence-electron chi connectivity index (χ2n) is 8.67. The molecule has 1 saturated heterocycles. The molecule has 156 valence electrons. The van der Waals surface area contributed by atoms with E-state index in [4.69, 9.17) is 9.16 Å². The van der Waals surface area contributed by atoms with Crippen molar-refractivity contribution in [1.82, 2.24) is 4.90 Å². The number of halogens is 1. The molecule has 7 nitrogen and oxygen atoms in total. The van der Waals surface area contributed by atoms with Crippen LogP contribution in [-0.2, 0) is 15.8 Å². The number of nitrogens with zero attached hydrogens (tertiary/aromatic N) is 2. The Balaban J connectivity index is 1.95. The maximum Gasteiger partial charge on any atom is 0.410 e. The summed E-state index contributed by atoms with van der Waals surface area (Å²) in [7, 11) is -1.90. The summed E-state index contributed by atoms with van der Waals surface area (Å²) < 4.78 is 12.8. The average Bonchev–Trinajstić information content (AvgIpc) is 3.01. The zero-order valence-corrected chi connectivity index (χ0v) is 20.3. The summed E-state index contributed by atoms with van der Waals surface area (Å²) in [5.41, 5.74) is 0.739. The number of likely N-dealkylation sites (tertiary alicyclic amines) is 1. The molecule has 9 heteroatoms. The first kappa shape index (κ1) is 23.1. The third-order valence-corrected chi connectivity index (χ3v) is 11.1. The van der Waals surface area contributed by atoms with E-state index in [-0.39, 0.29) is 35.6 Å². The van der Waals surface area contributed by atoms with Crippen molar-refractivity contribution >= 4 is 42.7 Å². The van der Waals surface area contributed by atoms with Crippen molar-refractivity contribution in [3.8, 4) is 0 Å². The summed E-state index contributed by atoms with van der Waals surface area (Å²) in [4.78, 5) is 24.6. The first-order chi connectivity index (χ1) is 12.9. The highest BCUT2D eigenvalue weighted by molar-refractivity contribution is 14.1. The van der Waals surface area contributed by atoms with Crippen LogP contribution >= 0.6 is 22.6 Å². The highest BCUT2D eigenvalue weighted by Crippen LogP contribution is 2.39. The molecule has 1 aliphatic heterocycles. The molecule has 1 aromatic rings. The van der Waals surface area contributed by atoms with Crippen molar-refractivity contribution in [2.45, 2.75) is 64.1 Å². The van der Waals surface area contributed by atoms with Crippen LogP contribution in [0.25, 0.3) is 0 Å². The van der Waals surface area contributed by atoms with E-state index >= 15 is 0 Å². The molecule has 0 unspecified atom stereocenters. The average molecular weight is 520 g/mol. The lowest BCUT2D eigenvalue weighted by atomic mass is 10.2. The quantitative estimate of drug-likeness (QED) is 0.171. The third-order valence-electron chi connectivity index (χ3n) is 5.57. The number of carbonyl (C=O) groups is 1. The van der Waals surface area contributed by atoms with E-state index in [0.717, 1.165) is 16.4 Å². The van der Waals surface area contributed by atoms with E-state index in [1.165, 1.54) is 12.1 Å². The van der Waals surface area contributed by atoms with Crippen molar-refractivity contribution in [1.29, 1.82) is 0 Å². The van der Waals surface area contributed by atoms with Crippen LogP contribution in [0.3, 0.4) is 0 Å². The lowest BCUT2D eigenvalue weighted by molar-refractivity contribution is -0.384. The molecule has 0 bridgehead atoms. The highest BCUT2D eigenvalue weighted by Gasteiger charge is 2.43. The molecule has 0 saturated carbocycles. The number of nitro groups is 1. The number of amides is 1. The van der Waals surface area contributed by atoms with E-state index in [1.807, 2.05) is 0 Å². The van der Waals surface area contributed by atoms with E-state index in [2.05, 4.69) is 56.5 Å². The Kier molecular flexibility index (Phi) is 7.48. The summed E-state index contributed by atoms with van der Waals surface area (Å²) in [5, 5.41) is 10.8. The Bertz CT molecular complexity index is 705. The molecule has 1 amide bonds. The lowest BCUT2D eigenvalue weighted by Gasteiger charge is -2.38. The van der Waals surface area contributed by atoms with Crippen LogP contribution < -0.4 is 0 Å². The molecule has 0 aromatic heterocycles. The molecule has 0 aliphatic carbocycles. The normalized spacial score (nSPS) is 20.3. The zero-order chi connectivity index (χ0) is 21.1. The number of ether oxygens (including phenoxy) is 1. The van der Waals surface area contributed by atoms with Gasteiger partial charge in [-0.3, -0.25) is 10.1 Å². The van der Waals surface area contributed by atoms with Gasteiger partial charge in [-0.2, -0.15) is 0 Å². The Hall–Kier alpha value is -1.20. The molecule has 0 N–H and O–H groups in total. The molecule has 1 aromatic carbocycles. The first-order valence-electron chi connectivity index (χ1n) is 9.35. The van der Waals surface area contributed by atoms with Gasteiger partial charge in [-0.15, -0.1) is 0 Å². The predicted molar refractivity (Wildman–Crippen MR) is 119 cm³/mol. The standard InChI is InChI=1S/C19H29IN2O5Si/c1-19(2,3)28(4,5)27-17-10-16(11-20)21(12-17)18(23)26-13-14-6-8-15(9-7-14)22(24)25/h6-9,16-17H,10-13H2,1-5H3/t16-,17+/m0/s1. The van der Waals surface area contributed by atoms with Crippen LogP contribution in [0.15, 0.2) is 24.3 Å². The van der Waals surface area contributed by atoms with E-state index in [0.29, 0.717) is 6.54 Å². The van der Waals surface area contributed by atoms with E-state index < -0.39 is 13.2 Å². The largest absolute Gasteiger partial charge is 0.445 e. The first-order valence-corrected chi connectivity index (χ1v) is 13.8. The summed E-state index contributed by atoms with van der Waals surface area (Å²) in [6.07, 6.45) is 0.496. The van der Waals surface area contributed by atoms with Gasteiger partial charge >= 0.3 is 6.09 Å². The second kappa shape index (κ2) is 9.08. The van der Waals surface area contributed by atoms with Crippen LogP contribution in [0, 0.1) is 10.1 Å². The lowest BCUT2D eigenvalue weighted by Crippen LogP contribution is -2.44. The minimum absolute atomic E-state index is 0.0187. The van der Waals surface area contributed by atoms with Crippen molar-refractivity contribution < 1.29 is 18.9 Å². The molecule has 2 atom stereocenters. The number of nitro benzene ring substituents is 1. The maximum absolute atomic E-state index is 12.6. The van der Waals surface area contributed by atoms with Crippen molar-refractivity contribution in [2.75, 3.05) is 11.0 Å². The van der Waals surface area contributed by atoms with Gasteiger partial charge in [0, 0.05) is 29.1 Å². The molecule has 1 heterocycles. The topological polar surface area (TPSA) is 81.9 Å². The number of rotatable bonds is 6. The van der Waals surface area contributed by atoms with E-state index in [1.54, 1.807) is 17.0 Å². The molecule has 1 aliphatic rings. The second-order valence-corrected chi connectivity index (χ2v) is 14.3. The van der Waals surface area contributed by atoms with Gasteiger partial charge in [0.15, 0.2) is 8.32 Å². The third kappa shape index (κ3) is 5.66. The smallest absolute Gasteiger partial charge is 0.410 e. The molecular formula is C19H29IN2O5Si. The van der Waals surface area contributed by atoms with Gasteiger partial charge in [-0.25, -0.2) is 4.79 Å². The minimum Gasteiger partial charge on any atom is -0.445 e. The number of alkyl halides is 1. The van der Waals surface area contributed by atoms with E-state index in [9.17, 15) is 14.9 Å². The monoisotopic (exact) mass is 520 g/mol. The maximum atomic E-state index is 12.6. The van der Waals surface area contributed by atoms with Crippen LogP contribution in [0.5, 0.6) is 0 Å². The minimum atomic E-state index is -1.90. The van der Waals surface area contributed by atoms with Gasteiger partial charge in [0.05, 0.1) is 11.0 Å². The number of carbonyl (C=O) groups excluding carboxylic acids is 1. The Morgan fingerprint density at radius 2 is 1.93 bits per heavy atom. The molecular weight excluding hydrogens is 491 g/mol. The van der Waals surface area contributed by atoms with Gasteiger partial charge in [0.2, 0.25) is 0 Å². The van der Waals surface area contributed by atoms with Gasteiger partial charge < -0.3 is 14.1 Å². The van der Waals surface area contributed by atoms with Crippen molar-refractivity contribution in [3.63, 3.8) is 0 Å². The number of non-ortho nitro benzene ring substituents is 1. The molecule has 0 spiro atoms. The van der Waals surface area contributed by atoms with Gasteiger partial charge in [0.1, 0.15) is 6.61 Å². The fourth-order valence-electron chi connectivity index (χ4n) is 2.86. The van der Waals surface area contributed by atoms with Crippen LogP contribution in [-0.4, -0.2) is 47.4 Å². The zero-order valence-electron chi connectivity index (χ0n) is 17.1. The number of benzene rings is 1. The fraction of sp³-hybridized carbons (Fsp3) is 0.632. The number of hydrogen-bond acceptors (Lipinski definition) is 5. The summed E-state index contributed by atoms with van der Waals surface area (Å²) in [6.45, 7) is 11.7. The Morgan fingerprint density at radius 1 is 1.32 bits per heavy atom. The molecule has 0 radical (unpaired) electrons. The molecule has 2 rings (SSSR count). The Labute approximate surface area is 181 Å². The van der Waals surface area contributed by atoms with Crippen LogP contribution in [0.1, 0.15) is 32.8 Å². The van der Waals surface area contributed by atoms with Crippen molar-refractivity contribution in [3.05, 3.63) is 39.9 Å². The molecule has 1 fully saturated rings. The summed E-state index contributed by atoms with van der Waals surface area (Å²) in [5.74, 6) is 0. The van der Waals surface area contributed by atoms with Crippen LogP contribution in [0.2, 0.25) is 18.1 Å². The summed E-state index contributed by atoms with van der Waals surface area (Å²) in [6, 6.07) is 6.13.